The van der Waals surface area contributed by atoms with Crippen LogP contribution in [0.25, 0.3) is 0 Å². The van der Waals surface area contributed by atoms with Crippen molar-refractivity contribution in [3.05, 3.63) is 29.0 Å². The molecule has 1 aromatic rings. The van der Waals surface area contributed by atoms with Gasteiger partial charge in [0, 0.05) is 12.7 Å². The summed E-state index contributed by atoms with van der Waals surface area (Å²) in [6, 6.07) is 2.89. The van der Waals surface area contributed by atoms with E-state index in [4.69, 9.17) is 22.4 Å². The zero-order valence-corrected chi connectivity index (χ0v) is 9.41. The summed E-state index contributed by atoms with van der Waals surface area (Å²) < 4.78 is 12.9. The van der Waals surface area contributed by atoms with Crippen molar-refractivity contribution in [1.82, 2.24) is 0 Å². The second kappa shape index (κ2) is 5.25. The van der Waals surface area contributed by atoms with E-state index in [9.17, 15) is 9.18 Å². The molecule has 4 nitrogen and oxygen atoms in total. The van der Waals surface area contributed by atoms with E-state index >= 15 is 0 Å². The normalized spacial score (nSPS) is 12.3. The monoisotopic (exact) mass is 246 g/mol. The highest BCUT2D eigenvalue weighted by atomic mass is 35.5. The average molecular weight is 247 g/mol. The molecule has 88 valence electrons. The van der Waals surface area contributed by atoms with Crippen molar-refractivity contribution in [2.24, 2.45) is 5.73 Å². The van der Waals surface area contributed by atoms with Gasteiger partial charge < -0.3 is 15.7 Å². The van der Waals surface area contributed by atoms with Crippen LogP contribution in [0.3, 0.4) is 0 Å². The van der Waals surface area contributed by atoms with Crippen LogP contribution in [0.2, 0.25) is 5.02 Å². The van der Waals surface area contributed by atoms with Crippen LogP contribution in [0.15, 0.2) is 18.2 Å². The van der Waals surface area contributed by atoms with Crippen molar-refractivity contribution in [3.63, 3.8) is 0 Å². The van der Waals surface area contributed by atoms with Crippen LogP contribution >= 0.6 is 11.6 Å². The average Bonchev–Trinajstić information content (AvgIpc) is 2.29. The van der Waals surface area contributed by atoms with Crippen molar-refractivity contribution < 1.29 is 14.3 Å². The number of hydrogen-bond acceptors (Lipinski definition) is 3. The molecule has 0 aliphatic heterocycles. The van der Waals surface area contributed by atoms with Crippen LogP contribution < -0.4 is 10.6 Å². The summed E-state index contributed by atoms with van der Waals surface area (Å²) in [5.74, 6) is -1.03. The second-order valence-electron chi connectivity index (χ2n) is 3.28. The summed E-state index contributed by atoms with van der Waals surface area (Å²) >= 11 is 5.58. The summed E-state index contributed by atoms with van der Waals surface area (Å²) in [6.45, 7) is -0.446. The molecular formula is C10H12ClFN2O2. The smallest absolute Gasteiger partial charge is 0.246 e. The standard InChI is InChI=1S/C10H12ClFN2O2/c1-14(10(16)9(13)5-15)6-2-3-8(12)7(11)4-6/h2-4,9,15H,5,13H2,1H3/t9-/m0/s1. The number of rotatable bonds is 3. The number of aliphatic hydroxyl groups excluding tert-OH is 1. The van der Waals surface area contributed by atoms with E-state index in [-0.39, 0.29) is 5.02 Å². The molecule has 1 atom stereocenters. The lowest BCUT2D eigenvalue weighted by atomic mass is 10.2. The van der Waals surface area contributed by atoms with Crippen molar-refractivity contribution in [3.8, 4) is 0 Å². The Morgan fingerprint density at radius 2 is 2.31 bits per heavy atom. The minimum Gasteiger partial charge on any atom is -0.394 e. The van der Waals surface area contributed by atoms with Crippen LogP contribution in [0.4, 0.5) is 10.1 Å². The maximum atomic E-state index is 12.9. The van der Waals surface area contributed by atoms with Gasteiger partial charge in [0.1, 0.15) is 11.9 Å². The summed E-state index contributed by atoms with van der Waals surface area (Å²) in [4.78, 5) is 12.8. The molecule has 0 radical (unpaired) electrons. The highest BCUT2D eigenvalue weighted by molar-refractivity contribution is 6.31. The first-order valence-electron chi connectivity index (χ1n) is 4.56. The molecule has 0 spiro atoms. The SMILES string of the molecule is CN(C(=O)[C@@H](N)CO)c1ccc(F)c(Cl)c1. The fourth-order valence-electron chi connectivity index (χ4n) is 1.15. The molecule has 1 aromatic carbocycles. The summed E-state index contributed by atoms with van der Waals surface area (Å²) in [5.41, 5.74) is 5.79. The lowest BCUT2D eigenvalue weighted by molar-refractivity contribution is -0.120. The second-order valence-corrected chi connectivity index (χ2v) is 3.69. The Balaban J connectivity index is 2.92. The number of anilines is 1. The molecule has 0 bridgehead atoms. The molecule has 1 rings (SSSR count). The Hall–Kier alpha value is -1.17. The van der Waals surface area contributed by atoms with E-state index < -0.39 is 24.4 Å². The highest BCUT2D eigenvalue weighted by Gasteiger charge is 2.18. The number of amides is 1. The number of carbonyl (C=O) groups excluding carboxylic acids is 1. The van der Waals surface area contributed by atoms with Crippen molar-refractivity contribution in [2.45, 2.75) is 6.04 Å². The number of aliphatic hydroxyl groups is 1. The van der Waals surface area contributed by atoms with Crippen molar-refractivity contribution in [1.29, 1.82) is 0 Å². The number of nitrogens with zero attached hydrogens (tertiary/aromatic N) is 1. The molecule has 0 aromatic heterocycles. The van der Waals surface area contributed by atoms with Crippen LogP contribution in [-0.2, 0) is 4.79 Å². The fraction of sp³-hybridized carbons (Fsp3) is 0.300. The number of carbonyl (C=O) groups is 1. The molecule has 0 fully saturated rings. The molecule has 0 heterocycles. The van der Waals surface area contributed by atoms with E-state index in [1.54, 1.807) is 0 Å². The molecule has 6 heteroatoms. The first-order chi connectivity index (χ1) is 7.47. The van der Waals surface area contributed by atoms with Crippen LogP contribution in [0.5, 0.6) is 0 Å². The number of nitrogens with two attached hydrogens (primary N) is 1. The molecule has 0 saturated carbocycles. The molecular weight excluding hydrogens is 235 g/mol. The Morgan fingerprint density at radius 1 is 1.69 bits per heavy atom. The first kappa shape index (κ1) is 12.9. The topological polar surface area (TPSA) is 66.6 Å². The third-order valence-corrected chi connectivity index (χ3v) is 2.42. The minimum absolute atomic E-state index is 0.0743. The number of likely N-dealkylation sites (N-methyl/N-ethyl adjacent to an activating group) is 1. The van der Waals surface area contributed by atoms with Gasteiger partial charge in [-0.2, -0.15) is 0 Å². The molecule has 1 amide bonds. The predicted octanol–water partition coefficient (Wildman–Crippen LogP) is 0.762. The van der Waals surface area contributed by atoms with E-state index in [1.165, 1.54) is 24.1 Å². The zero-order valence-electron chi connectivity index (χ0n) is 8.65. The minimum atomic E-state index is -0.992. The lowest BCUT2D eigenvalue weighted by Gasteiger charge is -2.20. The first-order valence-corrected chi connectivity index (χ1v) is 4.94. The van der Waals surface area contributed by atoms with E-state index in [2.05, 4.69) is 0 Å². The molecule has 0 unspecified atom stereocenters. The fourth-order valence-corrected chi connectivity index (χ4v) is 1.32. The van der Waals surface area contributed by atoms with Crippen LogP contribution in [0, 0.1) is 5.82 Å². The van der Waals surface area contributed by atoms with Gasteiger partial charge in [-0.05, 0) is 18.2 Å². The largest absolute Gasteiger partial charge is 0.394 e. The van der Waals surface area contributed by atoms with Crippen molar-refractivity contribution in [2.75, 3.05) is 18.6 Å². The van der Waals surface area contributed by atoms with Gasteiger partial charge in [-0.1, -0.05) is 11.6 Å². The quantitative estimate of drug-likeness (QED) is 0.828. The molecule has 16 heavy (non-hydrogen) atoms. The predicted molar refractivity (Wildman–Crippen MR) is 59.9 cm³/mol. The van der Waals surface area contributed by atoms with Gasteiger partial charge >= 0.3 is 0 Å². The van der Waals surface area contributed by atoms with Gasteiger partial charge in [0.2, 0.25) is 5.91 Å². The van der Waals surface area contributed by atoms with E-state index in [0.717, 1.165) is 6.07 Å². The van der Waals surface area contributed by atoms with Gasteiger partial charge in [-0.25, -0.2) is 4.39 Å². The lowest BCUT2D eigenvalue weighted by Crippen LogP contribution is -2.44. The summed E-state index contributed by atoms with van der Waals surface area (Å²) in [7, 11) is 1.47. The molecule has 0 aliphatic rings. The maximum Gasteiger partial charge on any atom is 0.246 e. The van der Waals surface area contributed by atoms with Gasteiger partial charge in [0.15, 0.2) is 0 Å². The Labute approximate surface area is 97.4 Å². The van der Waals surface area contributed by atoms with Gasteiger partial charge in [0.25, 0.3) is 0 Å². The summed E-state index contributed by atoms with van der Waals surface area (Å²) in [6.07, 6.45) is 0. The third kappa shape index (κ3) is 2.69. The number of hydrogen-bond donors (Lipinski definition) is 2. The van der Waals surface area contributed by atoms with E-state index in [0.29, 0.717) is 5.69 Å². The third-order valence-electron chi connectivity index (χ3n) is 2.13. The van der Waals surface area contributed by atoms with Gasteiger partial charge in [-0.15, -0.1) is 0 Å². The van der Waals surface area contributed by atoms with E-state index in [1.807, 2.05) is 0 Å². The number of benzene rings is 1. The Bertz CT molecular complexity index is 400. The molecule has 0 saturated heterocycles. The number of halogens is 2. The van der Waals surface area contributed by atoms with Crippen LogP contribution in [-0.4, -0.2) is 30.7 Å². The molecule has 0 aliphatic carbocycles. The molecule has 3 N–H and O–H groups in total. The van der Waals surface area contributed by atoms with Gasteiger partial charge in [0.05, 0.1) is 11.6 Å². The van der Waals surface area contributed by atoms with Gasteiger partial charge in [-0.3, -0.25) is 4.79 Å². The maximum absolute atomic E-state index is 12.9. The summed E-state index contributed by atoms with van der Waals surface area (Å²) in [5, 5.41) is 8.67. The Morgan fingerprint density at radius 3 is 2.81 bits per heavy atom. The zero-order chi connectivity index (χ0) is 12.3. The van der Waals surface area contributed by atoms with Crippen LogP contribution in [0.1, 0.15) is 0 Å². The highest BCUT2D eigenvalue weighted by Crippen LogP contribution is 2.22. The Kier molecular flexibility index (Phi) is 4.23. The van der Waals surface area contributed by atoms with Crippen molar-refractivity contribution >= 4 is 23.2 Å².